The SMILES string of the molecule is O=C(CCCNC(=O)NC1CCCCC1)NCc1ccc(Cn2cnc3ccccc32)cc1. The molecule has 2 aromatic carbocycles. The molecule has 0 bridgehead atoms. The molecule has 3 N–H and O–H groups in total. The van der Waals surface area contributed by atoms with Crippen LogP contribution in [0.4, 0.5) is 4.79 Å². The van der Waals surface area contributed by atoms with Crippen molar-refractivity contribution in [1.29, 1.82) is 0 Å². The van der Waals surface area contributed by atoms with Crippen LogP contribution in [-0.2, 0) is 17.9 Å². The number of aromatic nitrogens is 2. The second kappa shape index (κ2) is 11.5. The number of hydrogen-bond acceptors (Lipinski definition) is 3. The number of rotatable bonds is 9. The van der Waals surface area contributed by atoms with Crippen LogP contribution in [0.25, 0.3) is 11.0 Å². The van der Waals surface area contributed by atoms with Crippen LogP contribution in [-0.4, -0.2) is 34.1 Å². The van der Waals surface area contributed by atoms with E-state index < -0.39 is 0 Å². The molecule has 0 spiro atoms. The van der Waals surface area contributed by atoms with E-state index in [1.165, 1.54) is 24.8 Å². The predicted molar refractivity (Wildman–Crippen MR) is 130 cm³/mol. The van der Waals surface area contributed by atoms with Gasteiger partial charge in [0.2, 0.25) is 5.91 Å². The summed E-state index contributed by atoms with van der Waals surface area (Å²) < 4.78 is 2.13. The Morgan fingerprint density at radius 3 is 2.52 bits per heavy atom. The second-order valence-corrected chi connectivity index (χ2v) is 8.79. The highest BCUT2D eigenvalue weighted by Gasteiger charge is 2.15. The van der Waals surface area contributed by atoms with E-state index in [-0.39, 0.29) is 11.9 Å². The van der Waals surface area contributed by atoms with Crippen LogP contribution in [0.3, 0.4) is 0 Å². The second-order valence-electron chi connectivity index (χ2n) is 8.79. The fourth-order valence-corrected chi connectivity index (χ4v) is 4.32. The lowest BCUT2D eigenvalue weighted by atomic mass is 9.96. The van der Waals surface area contributed by atoms with Crippen molar-refractivity contribution in [2.75, 3.05) is 6.54 Å². The van der Waals surface area contributed by atoms with Crippen LogP contribution in [0.2, 0.25) is 0 Å². The fourth-order valence-electron chi connectivity index (χ4n) is 4.32. The Bertz CT molecular complexity index is 1050. The highest BCUT2D eigenvalue weighted by molar-refractivity contribution is 5.76. The van der Waals surface area contributed by atoms with Gasteiger partial charge in [-0.1, -0.05) is 55.7 Å². The van der Waals surface area contributed by atoms with Gasteiger partial charge in [0.05, 0.1) is 17.4 Å². The van der Waals surface area contributed by atoms with Crippen LogP contribution in [0.1, 0.15) is 56.1 Å². The molecule has 1 heterocycles. The maximum atomic E-state index is 12.1. The van der Waals surface area contributed by atoms with E-state index in [9.17, 15) is 9.59 Å². The third kappa shape index (κ3) is 6.81. The minimum Gasteiger partial charge on any atom is -0.352 e. The molecule has 1 aromatic heterocycles. The summed E-state index contributed by atoms with van der Waals surface area (Å²) in [6, 6.07) is 16.6. The predicted octanol–water partition coefficient (Wildman–Crippen LogP) is 4.11. The largest absolute Gasteiger partial charge is 0.352 e. The summed E-state index contributed by atoms with van der Waals surface area (Å²) in [4.78, 5) is 28.5. The molecule has 3 amide bonds. The molecule has 0 atom stereocenters. The lowest BCUT2D eigenvalue weighted by Crippen LogP contribution is -2.43. The van der Waals surface area contributed by atoms with Gasteiger partial charge < -0.3 is 20.5 Å². The molecular weight excluding hydrogens is 414 g/mol. The molecule has 1 fully saturated rings. The van der Waals surface area contributed by atoms with Crippen molar-refractivity contribution < 1.29 is 9.59 Å². The molecule has 4 rings (SSSR count). The van der Waals surface area contributed by atoms with E-state index in [4.69, 9.17) is 0 Å². The number of urea groups is 1. The van der Waals surface area contributed by atoms with Crippen LogP contribution < -0.4 is 16.0 Å². The number of nitrogens with zero attached hydrogens (tertiary/aromatic N) is 2. The molecule has 1 saturated carbocycles. The van der Waals surface area contributed by atoms with Crippen LogP contribution in [0.15, 0.2) is 54.9 Å². The molecule has 174 valence electrons. The zero-order chi connectivity index (χ0) is 22.9. The molecule has 3 aromatic rings. The number of imidazole rings is 1. The van der Waals surface area contributed by atoms with Crippen molar-refractivity contribution in [3.8, 4) is 0 Å². The molecule has 0 saturated heterocycles. The van der Waals surface area contributed by atoms with E-state index in [0.29, 0.717) is 32.0 Å². The summed E-state index contributed by atoms with van der Waals surface area (Å²) >= 11 is 0. The summed E-state index contributed by atoms with van der Waals surface area (Å²) in [5.74, 6) is -0.00143. The van der Waals surface area contributed by atoms with E-state index in [1.807, 2.05) is 36.7 Å². The van der Waals surface area contributed by atoms with Crippen molar-refractivity contribution in [3.05, 3.63) is 66.0 Å². The Morgan fingerprint density at radius 1 is 0.939 bits per heavy atom. The Hall–Kier alpha value is -3.35. The lowest BCUT2D eigenvalue weighted by molar-refractivity contribution is -0.121. The summed E-state index contributed by atoms with van der Waals surface area (Å²) in [6.45, 7) is 1.76. The summed E-state index contributed by atoms with van der Waals surface area (Å²) in [5, 5.41) is 8.84. The van der Waals surface area contributed by atoms with Gasteiger partial charge in [0.25, 0.3) is 0 Å². The molecule has 7 nitrogen and oxygen atoms in total. The maximum absolute atomic E-state index is 12.1. The Morgan fingerprint density at radius 2 is 1.70 bits per heavy atom. The topological polar surface area (TPSA) is 88.0 Å². The molecule has 1 aliphatic rings. The maximum Gasteiger partial charge on any atom is 0.315 e. The number of para-hydroxylation sites is 2. The van der Waals surface area contributed by atoms with Gasteiger partial charge in [-0.25, -0.2) is 9.78 Å². The molecule has 0 unspecified atom stereocenters. The zero-order valence-electron chi connectivity index (χ0n) is 19.1. The summed E-state index contributed by atoms with van der Waals surface area (Å²) in [7, 11) is 0. The average Bonchev–Trinajstić information content (AvgIpc) is 3.25. The molecule has 0 radical (unpaired) electrons. The zero-order valence-corrected chi connectivity index (χ0v) is 19.1. The molecule has 0 aliphatic heterocycles. The number of carbonyl (C=O) groups is 2. The van der Waals surface area contributed by atoms with Gasteiger partial charge in [-0.15, -0.1) is 0 Å². The monoisotopic (exact) mass is 447 g/mol. The average molecular weight is 448 g/mol. The van der Waals surface area contributed by atoms with Gasteiger partial charge in [-0.3, -0.25) is 4.79 Å². The first-order valence-electron chi connectivity index (χ1n) is 12.0. The van der Waals surface area contributed by atoms with Gasteiger partial charge in [0.15, 0.2) is 0 Å². The highest BCUT2D eigenvalue weighted by Crippen LogP contribution is 2.17. The first-order valence-corrected chi connectivity index (χ1v) is 12.0. The third-order valence-electron chi connectivity index (χ3n) is 6.20. The quantitative estimate of drug-likeness (QED) is 0.431. The smallest absolute Gasteiger partial charge is 0.315 e. The van der Waals surface area contributed by atoms with Gasteiger partial charge >= 0.3 is 6.03 Å². The minimum atomic E-state index is -0.119. The minimum absolute atomic E-state index is 0.00143. The van der Waals surface area contributed by atoms with E-state index in [2.05, 4.69) is 43.7 Å². The highest BCUT2D eigenvalue weighted by atomic mass is 16.2. The van der Waals surface area contributed by atoms with Crippen LogP contribution in [0.5, 0.6) is 0 Å². The molecule has 1 aliphatic carbocycles. The Kier molecular flexibility index (Phi) is 7.95. The van der Waals surface area contributed by atoms with Crippen molar-refractivity contribution in [3.63, 3.8) is 0 Å². The number of hydrogen-bond donors (Lipinski definition) is 3. The Balaban J connectivity index is 1.13. The number of amides is 3. The van der Waals surface area contributed by atoms with Crippen molar-refractivity contribution in [1.82, 2.24) is 25.5 Å². The summed E-state index contributed by atoms with van der Waals surface area (Å²) in [6.07, 6.45) is 8.67. The first kappa shape index (κ1) is 22.8. The molecule has 33 heavy (non-hydrogen) atoms. The lowest BCUT2D eigenvalue weighted by Gasteiger charge is -2.22. The number of carbonyl (C=O) groups excluding carboxylic acids is 2. The van der Waals surface area contributed by atoms with E-state index in [1.54, 1.807) is 0 Å². The fraction of sp³-hybridized carbons (Fsp3) is 0.423. The van der Waals surface area contributed by atoms with Gasteiger partial charge in [0, 0.05) is 32.1 Å². The number of benzene rings is 2. The van der Waals surface area contributed by atoms with Crippen molar-refractivity contribution >= 4 is 23.0 Å². The van der Waals surface area contributed by atoms with Crippen molar-refractivity contribution in [2.24, 2.45) is 0 Å². The standard InChI is InChI=1S/C26H33N5O2/c32-25(11-6-16-27-26(33)30-22-7-2-1-3-8-22)28-17-20-12-14-21(15-13-20)18-31-19-29-23-9-4-5-10-24(23)31/h4-5,9-10,12-15,19,22H,1-3,6-8,11,16-18H2,(H,28,32)(H2,27,30,33). The van der Waals surface area contributed by atoms with E-state index >= 15 is 0 Å². The first-order chi connectivity index (χ1) is 16.2. The number of fused-ring (bicyclic) bond motifs is 1. The summed E-state index contributed by atoms with van der Waals surface area (Å²) in [5.41, 5.74) is 4.37. The van der Waals surface area contributed by atoms with Gasteiger partial charge in [-0.2, -0.15) is 0 Å². The molecule has 7 heteroatoms. The van der Waals surface area contributed by atoms with Crippen LogP contribution >= 0.6 is 0 Å². The van der Waals surface area contributed by atoms with Crippen LogP contribution in [0, 0.1) is 0 Å². The van der Waals surface area contributed by atoms with Gasteiger partial charge in [0.1, 0.15) is 0 Å². The Labute approximate surface area is 195 Å². The van der Waals surface area contributed by atoms with Gasteiger partial charge in [-0.05, 0) is 42.5 Å². The number of nitrogens with one attached hydrogen (secondary N) is 3. The van der Waals surface area contributed by atoms with E-state index in [0.717, 1.165) is 36.0 Å². The molecular formula is C26H33N5O2. The third-order valence-corrected chi connectivity index (χ3v) is 6.20. The van der Waals surface area contributed by atoms with Crippen molar-refractivity contribution in [2.45, 2.75) is 64.1 Å². The normalized spacial score (nSPS) is 14.2.